The first-order valence-corrected chi connectivity index (χ1v) is 24.9. The molecule has 2 nitrogen and oxygen atoms in total. The maximum absolute atomic E-state index is 13.2. The third kappa shape index (κ3) is 42.2. The summed E-state index contributed by atoms with van der Waals surface area (Å²) in [5.41, 5.74) is 0. The van der Waals surface area contributed by atoms with Crippen molar-refractivity contribution in [2.75, 3.05) is 6.61 Å². The van der Waals surface area contributed by atoms with Crippen molar-refractivity contribution < 1.29 is 9.53 Å². The Bertz CT molecular complexity index is 644. The minimum absolute atomic E-state index is 0.124. The first-order chi connectivity index (χ1) is 25.8. The van der Waals surface area contributed by atoms with Gasteiger partial charge in [-0.15, -0.1) is 0 Å². The average Bonchev–Trinajstić information content (AvgIpc) is 3.15. The molecule has 0 aliphatic rings. The van der Waals surface area contributed by atoms with Crippen molar-refractivity contribution in [3.05, 3.63) is 0 Å². The van der Waals surface area contributed by atoms with E-state index in [-0.39, 0.29) is 11.9 Å². The lowest BCUT2D eigenvalue weighted by atomic mass is 9.94. The monoisotopic (exact) mass is 733 g/mol. The van der Waals surface area contributed by atoms with Crippen LogP contribution in [0.1, 0.15) is 303 Å². The summed E-state index contributed by atoms with van der Waals surface area (Å²) in [6.07, 6.45) is 60.1. The molecule has 0 rings (SSSR count). The maximum atomic E-state index is 13.2. The molecule has 312 valence electrons. The van der Waals surface area contributed by atoms with Gasteiger partial charge in [-0.2, -0.15) is 0 Å². The molecule has 0 aromatic heterocycles. The topological polar surface area (TPSA) is 26.3 Å². The van der Waals surface area contributed by atoms with Gasteiger partial charge in [-0.25, -0.2) is 0 Å². The van der Waals surface area contributed by atoms with Crippen LogP contribution in [0.15, 0.2) is 0 Å². The highest BCUT2D eigenvalue weighted by Gasteiger charge is 2.19. The molecule has 0 bridgehead atoms. The Kier molecular flexibility index (Phi) is 46.1. The molecular weight excluding hydrogens is 633 g/mol. The van der Waals surface area contributed by atoms with Crippen LogP contribution in [-0.2, 0) is 9.53 Å². The number of hydrogen-bond acceptors (Lipinski definition) is 2. The number of ether oxygens (including phenoxy) is 1. The van der Waals surface area contributed by atoms with Crippen LogP contribution in [0.4, 0.5) is 0 Å². The molecular formula is C50H100O2. The summed E-state index contributed by atoms with van der Waals surface area (Å²) in [6.45, 7) is 7.54. The average molecular weight is 733 g/mol. The molecule has 0 aliphatic heterocycles. The van der Waals surface area contributed by atoms with Gasteiger partial charge < -0.3 is 4.74 Å². The van der Waals surface area contributed by atoms with Crippen molar-refractivity contribution in [1.82, 2.24) is 0 Å². The molecule has 0 radical (unpaired) electrons. The van der Waals surface area contributed by atoms with E-state index in [9.17, 15) is 4.79 Å². The van der Waals surface area contributed by atoms with Crippen LogP contribution in [0.5, 0.6) is 0 Å². The molecule has 52 heavy (non-hydrogen) atoms. The molecule has 1 unspecified atom stereocenters. The molecule has 0 saturated heterocycles. The van der Waals surface area contributed by atoms with Gasteiger partial charge in [0.25, 0.3) is 0 Å². The number of esters is 1. The zero-order valence-corrected chi connectivity index (χ0v) is 36.7. The first-order valence-electron chi connectivity index (χ1n) is 24.9. The van der Waals surface area contributed by atoms with Crippen molar-refractivity contribution in [3.8, 4) is 0 Å². The van der Waals surface area contributed by atoms with Crippen LogP contribution in [0, 0.1) is 5.92 Å². The summed E-state index contributed by atoms with van der Waals surface area (Å²) >= 11 is 0. The van der Waals surface area contributed by atoms with E-state index < -0.39 is 0 Å². The Morgan fingerprint density at radius 2 is 0.481 bits per heavy atom. The number of unbranched alkanes of at least 4 members (excludes halogenated alkanes) is 39. The van der Waals surface area contributed by atoms with E-state index in [1.807, 2.05) is 0 Å². The van der Waals surface area contributed by atoms with Crippen molar-refractivity contribution in [2.24, 2.45) is 5.92 Å². The largest absolute Gasteiger partial charge is 0.465 e. The minimum atomic E-state index is 0.124. The Hall–Kier alpha value is -0.530. The summed E-state index contributed by atoms with van der Waals surface area (Å²) in [7, 11) is 0. The summed E-state index contributed by atoms with van der Waals surface area (Å²) < 4.78 is 5.91. The number of hydrogen-bond donors (Lipinski definition) is 0. The Morgan fingerprint density at radius 3 is 0.712 bits per heavy atom. The van der Waals surface area contributed by atoms with Crippen LogP contribution < -0.4 is 0 Å². The second-order valence-corrected chi connectivity index (χ2v) is 17.2. The predicted molar refractivity (Wildman–Crippen MR) is 235 cm³/mol. The van der Waals surface area contributed by atoms with Gasteiger partial charge in [-0.1, -0.05) is 284 Å². The van der Waals surface area contributed by atoms with Crippen LogP contribution in [-0.4, -0.2) is 12.6 Å². The van der Waals surface area contributed by atoms with Crippen LogP contribution in [0.2, 0.25) is 0 Å². The summed E-state index contributed by atoms with van der Waals surface area (Å²) in [5.74, 6) is 0.264. The normalized spacial score (nSPS) is 12.1. The molecule has 1 atom stereocenters. The highest BCUT2D eigenvalue weighted by Crippen LogP contribution is 2.22. The van der Waals surface area contributed by atoms with Crippen LogP contribution >= 0.6 is 0 Å². The van der Waals surface area contributed by atoms with E-state index in [4.69, 9.17) is 4.74 Å². The summed E-state index contributed by atoms with van der Waals surface area (Å²) in [5, 5.41) is 0. The lowest BCUT2D eigenvalue weighted by Gasteiger charge is -2.16. The Morgan fingerprint density at radius 1 is 0.288 bits per heavy atom. The second kappa shape index (κ2) is 46.6. The summed E-state index contributed by atoms with van der Waals surface area (Å²) in [6, 6.07) is 0. The maximum Gasteiger partial charge on any atom is 0.308 e. The molecule has 0 aliphatic carbocycles. The van der Waals surface area contributed by atoms with Gasteiger partial charge in [0.15, 0.2) is 0 Å². The van der Waals surface area contributed by atoms with Gasteiger partial charge in [-0.05, 0) is 19.3 Å². The molecule has 0 saturated carbocycles. The van der Waals surface area contributed by atoms with E-state index in [2.05, 4.69) is 20.8 Å². The quantitative estimate of drug-likeness (QED) is 0.0460. The smallest absolute Gasteiger partial charge is 0.308 e. The molecule has 0 N–H and O–H groups in total. The first kappa shape index (κ1) is 51.5. The van der Waals surface area contributed by atoms with Gasteiger partial charge in [0.05, 0.1) is 12.5 Å². The van der Waals surface area contributed by atoms with Crippen molar-refractivity contribution in [3.63, 3.8) is 0 Å². The van der Waals surface area contributed by atoms with Crippen molar-refractivity contribution in [2.45, 2.75) is 303 Å². The molecule has 0 amide bonds. The molecule has 0 aromatic rings. The van der Waals surface area contributed by atoms with E-state index in [0.29, 0.717) is 6.61 Å². The summed E-state index contributed by atoms with van der Waals surface area (Å²) in [4.78, 5) is 13.2. The lowest BCUT2D eigenvalue weighted by Crippen LogP contribution is -2.18. The highest BCUT2D eigenvalue weighted by molar-refractivity contribution is 5.72. The SMILES string of the molecule is CCCCCCCCCCCCCCCCCCC(CCCCCCCCCCCCCCCC)C(=O)OCCCCCCCCCCCCCC. The predicted octanol–water partition coefficient (Wildman–Crippen LogP) is 18.4. The number of rotatable bonds is 46. The van der Waals surface area contributed by atoms with Crippen molar-refractivity contribution >= 4 is 5.97 Å². The fourth-order valence-corrected chi connectivity index (χ4v) is 8.14. The lowest BCUT2D eigenvalue weighted by molar-refractivity contribution is -0.149. The Balaban J connectivity index is 4.07. The zero-order valence-electron chi connectivity index (χ0n) is 36.7. The number of carbonyl (C=O) groups excluding carboxylic acids is 1. The van der Waals surface area contributed by atoms with Gasteiger partial charge >= 0.3 is 5.97 Å². The van der Waals surface area contributed by atoms with Crippen molar-refractivity contribution in [1.29, 1.82) is 0 Å². The second-order valence-electron chi connectivity index (χ2n) is 17.2. The Labute approximate surface area is 330 Å². The minimum Gasteiger partial charge on any atom is -0.465 e. The molecule has 0 heterocycles. The highest BCUT2D eigenvalue weighted by atomic mass is 16.5. The van der Waals surface area contributed by atoms with Crippen LogP contribution in [0.25, 0.3) is 0 Å². The van der Waals surface area contributed by atoms with Gasteiger partial charge in [-0.3, -0.25) is 4.79 Å². The van der Waals surface area contributed by atoms with Gasteiger partial charge in [0.1, 0.15) is 0 Å². The van der Waals surface area contributed by atoms with E-state index in [0.717, 1.165) is 19.3 Å². The fraction of sp³-hybridized carbons (Fsp3) is 0.980. The van der Waals surface area contributed by atoms with E-state index in [1.54, 1.807) is 0 Å². The third-order valence-corrected chi connectivity index (χ3v) is 11.9. The van der Waals surface area contributed by atoms with E-state index in [1.165, 1.54) is 263 Å². The molecule has 0 spiro atoms. The molecule has 2 heteroatoms. The van der Waals surface area contributed by atoms with Crippen LogP contribution in [0.3, 0.4) is 0 Å². The molecule has 0 aromatic carbocycles. The number of carbonyl (C=O) groups is 1. The standard InChI is InChI=1S/C50H100O2/c1-4-7-10-13-16-19-22-25-27-28-30-32-35-38-41-44-47-49(46-43-40-37-34-31-29-26-23-20-17-14-11-8-5-2)50(51)52-48-45-42-39-36-33-24-21-18-15-12-9-6-3/h49H,4-48H2,1-3H3. The third-order valence-electron chi connectivity index (χ3n) is 11.9. The van der Waals surface area contributed by atoms with Gasteiger partial charge in [0.2, 0.25) is 0 Å². The van der Waals surface area contributed by atoms with Gasteiger partial charge in [0, 0.05) is 0 Å². The van der Waals surface area contributed by atoms with E-state index >= 15 is 0 Å². The fourth-order valence-electron chi connectivity index (χ4n) is 8.14. The zero-order chi connectivity index (χ0) is 37.7. The molecule has 0 fully saturated rings.